The maximum Gasteiger partial charge on any atom is 0.255 e. The Morgan fingerprint density at radius 3 is 2.71 bits per heavy atom. The fourth-order valence-electron chi connectivity index (χ4n) is 5.55. The number of fused-ring (bicyclic) bond motifs is 1. The molecule has 0 aliphatic carbocycles. The van der Waals surface area contributed by atoms with E-state index >= 15 is 0 Å². The summed E-state index contributed by atoms with van der Waals surface area (Å²) in [7, 11) is 0. The standard InChI is InChI=1S/C28H36N4O2S/c1-19(2)29-28(34)23-9-10-25(24-18-35-26-8-4-3-7-22(24)26)30-27(23)31-14-11-21(12-15-31)32-13-5-6-20(16-32)17-33/h3-4,7-10,18-21,33H,5-6,11-17H2,1-2H3,(H,29,34)/t20-/m0/s1. The number of aromatic nitrogens is 1. The lowest BCUT2D eigenvalue weighted by atomic mass is 9.94. The predicted molar refractivity (Wildman–Crippen MR) is 144 cm³/mol. The monoisotopic (exact) mass is 492 g/mol. The average molecular weight is 493 g/mol. The van der Waals surface area contributed by atoms with Gasteiger partial charge >= 0.3 is 0 Å². The number of likely N-dealkylation sites (tertiary alicyclic amines) is 1. The van der Waals surface area contributed by atoms with Gasteiger partial charge in [-0.1, -0.05) is 18.2 Å². The van der Waals surface area contributed by atoms with Crippen LogP contribution in [0.4, 0.5) is 5.82 Å². The van der Waals surface area contributed by atoms with Crippen molar-refractivity contribution in [1.29, 1.82) is 0 Å². The summed E-state index contributed by atoms with van der Waals surface area (Å²) in [6.45, 7) is 8.16. The van der Waals surface area contributed by atoms with Gasteiger partial charge < -0.3 is 15.3 Å². The topological polar surface area (TPSA) is 68.7 Å². The molecular weight excluding hydrogens is 456 g/mol. The summed E-state index contributed by atoms with van der Waals surface area (Å²) in [4.78, 5) is 23.1. The Morgan fingerprint density at radius 1 is 1.14 bits per heavy atom. The van der Waals surface area contributed by atoms with E-state index in [-0.39, 0.29) is 18.6 Å². The van der Waals surface area contributed by atoms with Crippen LogP contribution in [0, 0.1) is 5.92 Å². The molecule has 4 heterocycles. The molecule has 1 aromatic carbocycles. The molecular formula is C28H36N4O2S. The minimum Gasteiger partial charge on any atom is -0.396 e. The molecule has 3 aromatic rings. The first kappa shape index (κ1) is 24.2. The first-order valence-electron chi connectivity index (χ1n) is 12.9. The molecule has 2 aliphatic heterocycles. The van der Waals surface area contributed by atoms with Crippen LogP contribution in [0.2, 0.25) is 0 Å². The van der Waals surface area contributed by atoms with E-state index in [2.05, 4.69) is 44.8 Å². The number of nitrogens with one attached hydrogen (secondary N) is 1. The van der Waals surface area contributed by atoms with Gasteiger partial charge in [-0.25, -0.2) is 4.98 Å². The minimum absolute atomic E-state index is 0.0619. The van der Waals surface area contributed by atoms with E-state index < -0.39 is 0 Å². The smallest absolute Gasteiger partial charge is 0.255 e. The Balaban J connectivity index is 1.41. The number of aliphatic hydroxyl groups is 1. The number of aliphatic hydroxyl groups excluding tert-OH is 1. The van der Waals surface area contributed by atoms with Crippen molar-refractivity contribution in [3.63, 3.8) is 0 Å². The van der Waals surface area contributed by atoms with Crippen molar-refractivity contribution in [2.45, 2.75) is 51.6 Å². The molecule has 0 saturated carbocycles. The van der Waals surface area contributed by atoms with Crippen LogP contribution >= 0.6 is 11.3 Å². The SMILES string of the molecule is CC(C)NC(=O)c1ccc(-c2csc3ccccc23)nc1N1CCC(N2CCC[C@H](CO)C2)CC1. The van der Waals surface area contributed by atoms with Crippen LogP contribution in [0.5, 0.6) is 0 Å². The van der Waals surface area contributed by atoms with Crippen LogP contribution in [0.1, 0.15) is 49.9 Å². The van der Waals surface area contributed by atoms with Gasteiger partial charge in [0.1, 0.15) is 5.82 Å². The molecule has 2 saturated heterocycles. The first-order chi connectivity index (χ1) is 17.0. The number of benzene rings is 1. The molecule has 35 heavy (non-hydrogen) atoms. The zero-order valence-corrected chi connectivity index (χ0v) is 21.6. The van der Waals surface area contributed by atoms with E-state index in [1.54, 1.807) is 11.3 Å². The number of piperidine rings is 2. The lowest BCUT2D eigenvalue weighted by Gasteiger charge is -2.42. The number of carbonyl (C=O) groups is 1. The van der Waals surface area contributed by atoms with Gasteiger partial charge in [-0.2, -0.15) is 0 Å². The summed E-state index contributed by atoms with van der Waals surface area (Å²) in [5.74, 6) is 1.14. The van der Waals surface area contributed by atoms with Gasteiger partial charge in [0.2, 0.25) is 0 Å². The molecule has 2 fully saturated rings. The number of rotatable bonds is 6. The van der Waals surface area contributed by atoms with Crippen molar-refractivity contribution in [2.24, 2.45) is 5.92 Å². The van der Waals surface area contributed by atoms with Crippen LogP contribution in [-0.2, 0) is 0 Å². The molecule has 5 rings (SSSR count). The van der Waals surface area contributed by atoms with Crippen molar-refractivity contribution >= 4 is 33.1 Å². The van der Waals surface area contributed by atoms with Crippen molar-refractivity contribution in [2.75, 3.05) is 37.7 Å². The molecule has 2 aromatic heterocycles. The Morgan fingerprint density at radius 2 is 1.94 bits per heavy atom. The summed E-state index contributed by atoms with van der Waals surface area (Å²) in [6.07, 6.45) is 4.41. The number of hydrogen-bond acceptors (Lipinski definition) is 6. The second kappa shape index (κ2) is 10.6. The predicted octanol–water partition coefficient (Wildman–Crippen LogP) is 4.77. The normalized spacial score (nSPS) is 20.0. The average Bonchev–Trinajstić information content (AvgIpc) is 3.32. The summed E-state index contributed by atoms with van der Waals surface area (Å²) >= 11 is 1.73. The molecule has 0 bridgehead atoms. The molecule has 2 aliphatic rings. The van der Waals surface area contributed by atoms with E-state index in [4.69, 9.17) is 4.98 Å². The molecule has 0 radical (unpaired) electrons. The Hall–Kier alpha value is -2.48. The van der Waals surface area contributed by atoms with Gasteiger partial charge in [-0.3, -0.25) is 9.69 Å². The van der Waals surface area contributed by atoms with Gasteiger partial charge in [-0.15, -0.1) is 11.3 Å². The first-order valence-corrected chi connectivity index (χ1v) is 13.8. The fourth-order valence-corrected chi connectivity index (χ4v) is 6.51. The van der Waals surface area contributed by atoms with E-state index in [9.17, 15) is 9.90 Å². The second-order valence-corrected chi connectivity index (χ2v) is 11.2. The Bertz CT molecular complexity index is 1170. The third-order valence-corrected chi connectivity index (χ3v) is 8.35. The largest absolute Gasteiger partial charge is 0.396 e. The third-order valence-electron chi connectivity index (χ3n) is 7.39. The van der Waals surface area contributed by atoms with Crippen LogP contribution in [0.3, 0.4) is 0 Å². The molecule has 186 valence electrons. The van der Waals surface area contributed by atoms with Crippen LogP contribution < -0.4 is 10.2 Å². The van der Waals surface area contributed by atoms with E-state index in [0.29, 0.717) is 17.5 Å². The zero-order valence-electron chi connectivity index (χ0n) is 20.7. The van der Waals surface area contributed by atoms with E-state index in [0.717, 1.165) is 62.5 Å². The lowest BCUT2D eigenvalue weighted by Crippen LogP contribution is -2.49. The van der Waals surface area contributed by atoms with Gasteiger partial charge in [0.25, 0.3) is 5.91 Å². The highest BCUT2D eigenvalue weighted by Crippen LogP contribution is 2.35. The number of nitrogens with zero attached hydrogens (tertiary/aromatic N) is 3. The molecule has 2 N–H and O–H groups in total. The maximum atomic E-state index is 13.1. The van der Waals surface area contributed by atoms with Crippen molar-refractivity contribution in [3.8, 4) is 11.3 Å². The number of amides is 1. The van der Waals surface area contributed by atoms with E-state index in [1.165, 1.54) is 16.5 Å². The van der Waals surface area contributed by atoms with E-state index in [1.807, 2.05) is 26.0 Å². The summed E-state index contributed by atoms with van der Waals surface area (Å²) < 4.78 is 1.25. The van der Waals surface area contributed by atoms with Gasteiger partial charge in [0.05, 0.1) is 11.3 Å². The lowest BCUT2D eigenvalue weighted by molar-refractivity contribution is 0.0777. The molecule has 1 atom stereocenters. The second-order valence-electron chi connectivity index (χ2n) is 10.2. The van der Waals surface area contributed by atoms with Crippen LogP contribution in [-0.4, -0.2) is 65.8 Å². The molecule has 1 amide bonds. The van der Waals surface area contributed by atoms with Crippen molar-refractivity contribution in [3.05, 3.63) is 47.3 Å². The Labute approximate surface area is 212 Å². The fraction of sp³-hybridized carbons (Fsp3) is 0.500. The van der Waals surface area contributed by atoms with Crippen molar-refractivity contribution in [1.82, 2.24) is 15.2 Å². The molecule has 0 unspecified atom stereocenters. The molecule has 6 nitrogen and oxygen atoms in total. The highest BCUT2D eigenvalue weighted by molar-refractivity contribution is 7.17. The third kappa shape index (κ3) is 5.22. The number of carbonyl (C=O) groups excluding carboxylic acids is 1. The molecule has 0 spiro atoms. The quantitative estimate of drug-likeness (QED) is 0.519. The highest BCUT2D eigenvalue weighted by atomic mass is 32.1. The zero-order chi connectivity index (χ0) is 24.4. The maximum absolute atomic E-state index is 13.1. The highest BCUT2D eigenvalue weighted by Gasteiger charge is 2.30. The van der Waals surface area contributed by atoms with Crippen LogP contribution in [0.25, 0.3) is 21.3 Å². The number of thiophene rings is 1. The van der Waals surface area contributed by atoms with Gasteiger partial charge in [0, 0.05) is 59.4 Å². The summed E-state index contributed by atoms with van der Waals surface area (Å²) in [5, 5.41) is 16.1. The van der Waals surface area contributed by atoms with Gasteiger partial charge in [-0.05, 0) is 70.2 Å². The number of pyridine rings is 1. The Kier molecular flexibility index (Phi) is 7.37. The van der Waals surface area contributed by atoms with Crippen LogP contribution in [0.15, 0.2) is 41.8 Å². The van der Waals surface area contributed by atoms with Crippen molar-refractivity contribution < 1.29 is 9.90 Å². The summed E-state index contributed by atoms with van der Waals surface area (Å²) in [5.41, 5.74) is 2.70. The molecule has 7 heteroatoms. The van der Waals surface area contributed by atoms with Gasteiger partial charge in [0.15, 0.2) is 0 Å². The number of hydrogen-bond donors (Lipinski definition) is 2. The minimum atomic E-state index is -0.0619. The number of anilines is 1. The summed E-state index contributed by atoms with van der Waals surface area (Å²) in [6, 6.07) is 13.0.